The zero-order valence-corrected chi connectivity index (χ0v) is 11.2. The predicted octanol–water partition coefficient (Wildman–Crippen LogP) is 3.12. The minimum Gasteiger partial charge on any atom is -0.508 e. The molecule has 20 heavy (non-hydrogen) atoms. The lowest BCUT2D eigenvalue weighted by Crippen LogP contribution is -1.87. The van der Waals surface area contributed by atoms with E-state index in [9.17, 15) is 5.11 Å². The summed E-state index contributed by atoms with van der Waals surface area (Å²) in [6, 6.07) is 6.92. The summed E-state index contributed by atoms with van der Waals surface area (Å²) in [6.07, 6.45) is 3.44. The van der Waals surface area contributed by atoms with Gasteiger partial charge >= 0.3 is 0 Å². The van der Waals surface area contributed by atoms with Crippen LogP contribution in [0.1, 0.15) is 11.1 Å². The van der Waals surface area contributed by atoms with Gasteiger partial charge < -0.3 is 9.63 Å². The van der Waals surface area contributed by atoms with Crippen LogP contribution in [-0.4, -0.2) is 20.2 Å². The first-order valence-electron chi connectivity index (χ1n) is 6.20. The van der Waals surface area contributed by atoms with E-state index in [-0.39, 0.29) is 5.75 Å². The molecule has 0 saturated heterocycles. The van der Waals surface area contributed by atoms with E-state index in [1.54, 1.807) is 30.6 Å². The van der Waals surface area contributed by atoms with E-state index < -0.39 is 0 Å². The Kier molecular flexibility index (Phi) is 2.95. The third kappa shape index (κ3) is 2.14. The Morgan fingerprint density at radius 3 is 2.65 bits per heavy atom. The number of phenols is 1. The Labute approximate surface area is 115 Å². The zero-order valence-electron chi connectivity index (χ0n) is 11.2. The molecule has 100 valence electrons. The maximum absolute atomic E-state index is 9.43. The second kappa shape index (κ2) is 4.77. The van der Waals surface area contributed by atoms with Crippen molar-refractivity contribution < 1.29 is 9.63 Å². The highest BCUT2D eigenvalue weighted by Gasteiger charge is 2.14. The monoisotopic (exact) mass is 267 g/mol. The topological polar surface area (TPSA) is 72.0 Å². The van der Waals surface area contributed by atoms with Crippen LogP contribution < -0.4 is 0 Å². The largest absolute Gasteiger partial charge is 0.508 e. The van der Waals surface area contributed by atoms with Crippen molar-refractivity contribution in [3.05, 3.63) is 47.8 Å². The van der Waals surface area contributed by atoms with E-state index in [1.807, 2.05) is 19.9 Å². The summed E-state index contributed by atoms with van der Waals surface area (Å²) in [4.78, 5) is 8.48. The minimum absolute atomic E-state index is 0.217. The second-order valence-electron chi connectivity index (χ2n) is 4.61. The van der Waals surface area contributed by atoms with E-state index in [0.29, 0.717) is 11.7 Å². The fourth-order valence-corrected chi connectivity index (χ4v) is 2.03. The van der Waals surface area contributed by atoms with Gasteiger partial charge in [0.2, 0.25) is 5.82 Å². The number of hydrogen-bond acceptors (Lipinski definition) is 5. The second-order valence-corrected chi connectivity index (χ2v) is 4.61. The predicted molar refractivity (Wildman–Crippen MR) is 74.1 cm³/mol. The van der Waals surface area contributed by atoms with Crippen LogP contribution in [0.15, 0.2) is 41.2 Å². The van der Waals surface area contributed by atoms with Crippen LogP contribution in [0.2, 0.25) is 0 Å². The molecule has 0 aliphatic rings. The molecule has 0 fully saturated rings. The highest BCUT2D eigenvalue weighted by Crippen LogP contribution is 2.27. The van der Waals surface area contributed by atoms with Crippen LogP contribution in [-0.2, 0) is 0 Å². The molecule has 0 saturated carbocycles. The number of phenolic OH excluding ortho intramolecular Hbond substituents is 1. The average molecular weight is 267 g/mol. The number of benzene rings is 1. The molecule has 0 bridgehead atoms. The maximum Gasteiger partial charge on any atom is 0.258 e. The lowest BCUT2D eigenvalue weighted by atomic mass is 10.1. The average Bonchev–Trinajstić information content (AvgIpc) is 2.88. The Hall–Kier alpha value is -2.69. The van der Waals surface area contributed by atoms with E-state index >= 15 is 0 Å². The van der Waals surface area contributed by atoms with Gasteiger partial charge in [-0.15, -0.1) is 0 Å². The van der Waals surface area contributed by atoms with Crippen molar-refractivity contribution in [3.63, 3.8) is 0 Å². The fourth-order valence-electron chi connectivity index (χ4n) is 2.03. The number of rotatable bonds is 2. The molecule has 5 nitrogen and oxygen atoms in total. The minimum atomic E-state index is 0.217. The molecule has 1 N–H and O–H groups in total. The van der Waals surface area contributed by atoms with Crippen LogP contribution in [0.5, 0.6) is 5.75 Å². The molecule has 0 atom stereocenters. The number of nitrogens with zero attached hydrogens (tertiary/aromatic N) is 3. The van der Waals surface area contributed by atoms with E-state index in [0.717, 1.165) is 22.3 Å². The van der Waals surface area contributed by atoms with E-state index in [2.05, 4.69) is 15.1 Å². The molecule has 0 unspecified atom stereocenters. The molecular formula is C15H13N3O2. The van der Waals surface area contributed by atoms with Gasteiger partial charge in [-0.25, -0.2) is 0 Å². The molecule has 3 aromatic rings. The first-order valence-corrected chi connectivity index (χ1v) is 6.20. The van der Waals surface area contributed by atoms with Gasteiger partial charge in [0, 0.05) is 23.5 Å². The number of aromatic hydroxyl groups is 1. The number of aromatic nitrogens is 3. The van der Waals surface area contributed by atoms with Crippen molar-refractivity contribution in [1.29, 1.82) is 0 Å². The van der Waals surface area contributed by atoms with Crippen molar-refractivity contribution in [1.82, 2.24) is 15.1 Å². The molecule has 2 aromatic heterocycles. The SMILES string of the molecule is Cc1ccncc1-c1noc(-c2ccc(O)cc2C)n1. The zero-order chi connectivity index (χ0) is 14.1. The van der Waals surface area contributed by atoms with Crippen LogP contribution in [0.4, 0.5) is 0 Å². The highest BCUT2D eigenvalue weighted by molar-refractivity contribution is 5.64. The summed E-state index contributed by atoms with van der Waals surface area (Å²) in [5.74, 6) is 1.16. The molecule has 0 aliphatic heterocycles. The molecule has 3 rings (SSSR count). The normalized spacial score (nSPS) is 10.7. The molecule has 5 heteroatoms. The Morgan fingerprint density at radius 1 is 1.05 bits per heavy atom. The smallest absolute Gasteiger partial charge is 0.258 e. The lowest BCUT2D eigenvalue weighted by molar-refractivity contribution is 0.432. The van der Waals surface area contributed by atoms with Crippen molar-refractivity contribution in [2.24, 2.45) is 0 Å². The van der Waals surface area contributed by atoms with Crippen LogP contribution in [0.3, 0.4) is 0 Å². The Bertz CT molecular complexity index is 765. The summed E-state index contributed by atoms with van der Waals surface area (Å²) in [6.45, 7) is 3.85. The molecule has 0 spiro atoms. The maximum atomic E-state index is 9.43. The summed E-state index contributed by atoms with van der Waals surface area (Å²) < 4.78 is 5.31. The molecule has 0 aliphatic carbocycles. The standard InChI is InChI=1S/C15H13N3O2/c1-9-5-6-16-8-13(9)14-17-15(20-18-14)12-4-3-11(19)7-10(12)2/h3-8,19H,1-2H3. The number of aryl methyl sites for hydroxylation is 2. The highest BCUT2D eigenvalue weighted by atomic mass is 16.5. The Morgan fingerprint density at radius 2 is 1.90 bits per heavy atom. The first-order chi connectivity index (χ1) is 9.65. The number of pyridine rings is 1. The summed E-state index contributed by atoms with van der Waals surface area (Å²) >= 11 is 0. The van der Waals surface area contributed by atoms with Crippen molar-refractivity contribution in [3.8, 4) is 28.6 Å². The summed E-state index contributed by atoms with van der Waals surface area (Å²) in [7, 11) is 0. The molecule has 0 amide bonds. The third-order valence-corrected chi connectivity index (χ3v) is 3.15. The molecular weight excluding hydrogens is 254 g/mol. The van der Waals surface area contributed by atoms with Gasteiger partial charge in [-0.3, -0.25) is 4.98 Å². The quantitative estimate of drug-likeness (QED) is 0.772. The van der Waals surface area contributed by atoms with Gasteiger partial charge in [-0.2, -0.15) is 4.98 Å². The van der Waals surface area contributed by atoms with Crippen molar-refractivity contribution in [2.75, 3.05) is 0 Å². The summed E-state index contributed by atoms with van der Waals surface area (Å²) in [5.41, 5.74) is 3.57. The first kappa shape index (κ1) is 12.3. The fraction of sp³-hybridized carbons (Fsp3) is 0.133. The van der Waals surface area contributed by atoms with Crippen molar-refractivity contribution in [2.45, 2.75) is 13.8 Å². The van der Waals surface area contributed by atoms with Crippen LogP contribution in [0, 0.1) is 13.8 Å². The van der Waals surface area contributed by atoms with Gasteiger partial charge in [-0.1, -0.05) is 5.16 Å². The third-order valence-electron chi connectivity index (χ3n) is 3.15. The molecule has 2 heterocycles. The molecule has 1 aromatic carbocycles. The summed E-state index contributed by atoms with van der Waals surface area (Å²) in [5, 5.41) is 13.4. The van der Waals surface area contributed by atoms with Gasteiger partial charge in [0.25, 0.3) is 5.89 Å². The Balaban J connectivity index is 2.04. The molecule has 0 radical (unpaired) electrons. The van der Waals surface area contributed by atoms with E-state index in [1.165, 1.54) is 0 Å². The van der Waals surface area contributed by atoms with Gasteiger partial charge in [0.15, 0.2) is 0 Å². The lowest BCUT2D eigenvalue weighted by Gasteiger charge is -2.00. The van der Waals surface area contributed by atoms with Crippen LogP contribution >= 0.6 is 0 Å². The van der Waals surface area contributed by atoms with Crippen LogP contribution in [0.25, 0.3) is 22.8 Å². The number of hydrogen-bond donors (Lipinski definition) is 1. The van der Waals surface area contributed by atoms with Gasteiger partial charge in [-0.05, 0) is 49.2 Å². The van der Waals surface area contributed by atoms with Gasteiger partial charge in [0.1, 0.15) is 5.75 Å². The van der Waals surface area contributed by atoms with Crippen molar-refractivity contribution >= 4 is 0 Å². The van der Waals surface area contributed by atoms with E-state index in [4.69, 9.17) is 4.52 Å². The van der Waals surface area contributed by atoms with Gasteiger partial charge in [0.05, 0.1) is 0 Å².